The third-order valence-corrected chi connectivity index (χ3v) is 3.28. The summed E-state index contributed by atoms with van der Waals surface area (Å²) >= 11 is -3.22. The van der Waals surface area contributed by atoms with Crippen LogP contribution in [0.4, 0.5) is 9.59 Å². The average molecular weight is 246 g/mol. The van der Waals surface area contributed by atoms with E-state index >= 15 is 0 Å². The monoisotopic (exact) mass is 246 g/mol. The fourth-order valence-corrected chi connectivity index (χ4v) is 1.96. The van der Waals surface area contributed by atoms with Crippen LogP contribution < -0.4 is 16.2 Å². The molecule has 0 aliphatic carbocycles. The molecule has 0 fully saturated rings. The highest BCUT2D eigenvalue weighted by Gasteiger charge is 2.31. The number of amides is 4. The highest BCUT2D eigenvalue weighted by Crippen LogP contribution is 1.99. The molecule has 0 aromatic carbocycles. The van der Waals surface area contributed by atoms with E-state index in [-0.39, 0.29) is 0 Å². The number of urea groups is 2. The first-order valence-corrected chi connectivity index (χ1v) is 5.21. The molecule has 0 saturated heterocycles. The van der Waals surface area contributed by atoms with E-state index < -0.39 is 37.2 Å². The molecule has 0 radical (unpaired) electrons. The van der Waals surface area contributed by atoms with Gasteiger partial charge in [0, 0.05) is 0 Å². The number of hydrogen-bond acceptors (Lipinski definition) is 5. The Kier molecular flexibility index (Phi) is 3.79. The van der Waals surface area contributed by atoms with E-state index in [1.807, 2.05) is 0 Å². The molecule has 82 valence electrons. The smallest absolute Gasteiger partial charge is 0.344 e. The minimum absolute atomic E-state index is 0.655. The molecule has 1 atom stereocenters. The number of nitrogens with one attached hydrogen (secondary N) is 1. The quantitative estimate of drug-likeness (QED) is 0.398. The standard InChI is InChI=1S/C2H6N4O6S2/c3-1(7)5-14(11,12)6(2(4)8)13(9)10/h(H2,4,8)(H,9,10)(H3,3,5,7). The second kappa shape index (κ2) is 4.21. The summed E-state index contributed by atoms with van der Waals surface area (Å²) in [5, 5.41) is 0. The maximum Gasteiger partial charge on any atom is 0.344 e. The third-order valence-electron chi connectivity index (χ3n) is 0.770. The van der Waals surface area contributed by atoms with Gasteiger partial charge in [-0.15, -0.1) is 0 Å². The topological polar surface area (TPSA) is 173 Å². The lowest BCUT2D eigenvalue weighted by Gasteiger charge is -2.14. The Bertz CT molecular complexity index is 359. The zero-order chi connectivity index (χ0) is 11.5. The Morgan fingerprint density at radius 2 is 1.79 bits per heavy atom. The summed E-state index contributed by atoms with van der Waals surface area (Å²) in [5.41, 5.74) is 8.89. The molecule has 0 aromatic rings. The maximum atomic E-state index is 10.9. The van der Waals surface area contributed by atoms with Crippen LogP contribution in [0.3, 0.4) is 0 Å². The summed E-state index contributed by atoms with van der Waals surface area (Å²) < 4.78 is 40.9. The van der Waals surface area contributed by atoms with Gasteiger partial charge in [-0.05, 0) is 0 Å². The number of nitrogens with two attached hydrogens (primary N) is 2. The van der Waals surface area contributed by atoms with Crippen LogP contribution in [-0.4, -0.2) is 33.0 Å². The zero-order valence-corrected chi connectivity index (χ0v) is 8.04. The number of carbonyl (C=O) groups excluding carboxylic acids is 2. The van der Waals surface area contributed by atoms with Crippen molar-refractivity contribution in [3.05, 3.63) is 0 Å². The number of primary amides is 2. The molecule has 0 aromatic heterocycles. The van der Waals surface area contributed by atoms with E-state index in [0.29, 0.717) is 0 Å². The predicted molar refractivity (Wildman–Crippen MR) is 43.8 cm³/mol. The highest BCUT2D eigenvalue weighted by atomic mass is 32.3. The fourth-order valence-electron chi connectivity index (χ4n) is 0.448. The average Bonchev–Trinajstić information content (AvgIpc) is 1.77. The van der Waals surface area contributed by atoms with E-state index in [4.69, 9.17) is 4.55 Å². The molecule has 1 unspecified atom stereocenters. The zero-order valence-electron chi connectivity index (χ0n) is 6.41. The first-order valence-electron chi connectivity index (χ1n) is 2.71. The summed E-state index contributed by atoms with van der Waals surface area (Å²) in [7, 11) is -4.84. The van der Waals surface area contributed by atoms with Crippen LogP contribution >= 0.6 is 0 Å². The van der Waals surface area contributed by atoms with Crippen molar-refractivity contribution in [2.75, 3.05) is 0 Å². The molecule has 0 spiro atoms. The lowest BCUT2D eigenvalue weighted by molar-refractivity contribution is 0.243. The number of rotatable bonds is 3. The van der Waals surface area contributed by atoms with Crippen LogP contribution in [-0.2, 0) is 21.5 Å². The Labute approximate surface area is 80.8 Å². The summed E-state index contributed by atoms with van der Waals surface area (Å²) in [6.07, 6.45) is 0. The molecule has 0 heterocycles. The van der Waals surface area contributed by atoms with Crippen LogP contribution in [0.2, 0.25) is 0 Å². The number of carbonyl (C=O) groups is 2. The van der Waals surface area contributed by atoms with E-state index in [9.17, 15) is 22.2 Å². The van der Waals surface area contributed by atoms with Gasteiger partial charge >= 0.3 is 22.3 Å². The molecule has 6 N–H and O–H groups in total. The molecule has 0 bridgehead atoms. The van der Waals surface area contributed by atoms with Crippen LogP contribution in [0, 0.1) is 0 Å². The van der Waals surface area contributed by atoms with Gasteiger partial charge in [-0.2, -0.15) is 8.42 Å². The maximum absolute atomic E-state index is 10.9. The third kappa shape index (κ3) is 3.15. The minimum Gasteiger partial charge on any atom is -0.351 e. The Morgan fingerprint density at radius 3 is 2.00 bits per heavy atom. The van der Waals surface area contributed by atoms with Crippen molar-refractivity contribution in [1.82, 2.24) is 8.43 Å². The summed E-state index contributed by atoms with van der Waals surface area (Å²) in [6, 6.07) is -3.26. The number of hydrogen-bond donors (Lipinski definition) is 4. The Morgan fingerprint density at radius 1 is 1.36 bits per heavy atom. The molecule has 0 rings (SSSR count). The van der Waals surface area contributed by atoms with Crippen molar-refractivity contribution < 1.29 is 26.8 Å². The van der Waals surface area contributed by atoms with Gasteiger partial charge in [0.2, 0.25) is 0 Å². The largest absolute Gasteiger partial charge is 0.351 e. The van der Waals surface area contributed by atoms with Crippen molar-refractivity contribution >= 4 is 33.5 Å². The molecule has 0 aliphatic heterocycles. The minimum atomic E-state index is -4.84. The highest BCUT2D eigenvalue weighted by molar-refractivity contribution is 7.99. The molecule has 10 nitrogen and oxygen atoms in total. The predicted octanol–water partition coefficient (Wildman–Crippen LogP) is -2.58. The van der Waals surface area contributed by atoms with Crippen LogP contribution in [0.25, 0.3) is 0 Å². The molecule has 12 heteroatoms. The summed E-state index contributed by atoms with van der Waals surface area (Å²) in [5.74, 6) is 0. The van der Waals surface area contributed by atoms with Crippen molar-refractivity contribution in [3.63, 3.8) is 0 Å². The molecular formula is C2H6N4O6S2. The summed E-state index contributed by atoms with van der Waals surface area (Å²) in [6.45, 7) is 0. The molecule has 4 amide bonds. The second-order valence-electron chi connectivity index (χ2n) is 1.77. The van der Waals surface area contributed by atoms with Crippen molar-refractivity contribution in [2.24, 2.45) is 11.5 Å². The van der Waals surface area contributed by atoms with Gasteiger partial charge in [-0.1, -0.05) is 3.71 Å². The Balaban J connectivity index is 5.12. The lowest BCUT2D eigenvalue weighted by atomic mass is 11.2. The van der Waals surface area contributed by atoms with Crippen molar-refractivity contribution in [3.8, 4) is 0 Å². The molecule has 14 heavy (non-hydrogen) atoms. The van der Waals surface area contributed by atoms with E-state index in [1.165, 1.54) is 0 Å². The van der Waals surface area contributed by atoms with Crippen molar-refractivity contribution in [1.29, 1.82) is 0 Å². The van der Waals surface area contributed by atoms with E-state index in [1.54, 1.807) is 0 Å². The van der Waals surface area contributed by atoms with Gasteiger partial charge in [0.15, 0.2) is 0 Å². The molecule has 0 saturated carbocycles. The van der Waals surface area contributed by atoms with Gasteiger partial charge < -0.3 is 11.5 Å². The lowest BCUT2D eigenvalue weighted by Crippen LogP contribution is -2.50. The van der Waals surface area contributed by atoms with Gasteiger partial charge in [0.05, 0.1) is 0 Å². The fraction of sp³-hybridized carbons (Fsp3) is 0. The van der Waals surface area contributed by atoms with Gasteiger partial charge in [-0.25, -0.2) is 18.5 Å². The SMILES string of the molecule is NC(=O)NS(=O)(=O)N(C(N)=O)S(=O)O. The first-order chi connectivity index (χ1) is 6.18. The van der Waals surface area contributed by atoms with Gasteiger partial charge in [0.25, 0.3) is 11.3 Å². The van der Waals surface area contributed by atoms with E-state index in [0.717, 1.165) is 4.72 Å². The molecular weight excluding hydrogens is 240 g/mol. The van der Waals surface area contributed by atoms with Crippen LogP contribution in [0.5, 0.6) is 0 Å². The Hall–Kier alpha value is -1.40. The normalized spacial score (nSPS) is 12.9. The van der Waals surface area contributed by atoms with Crippen LogP contribution in [0.1, 0.15) is 0 Å². The van der Waals surface area contributed by atoms with Crippen molar-refractivity contribution in [2.45, 2.75) is 0 Å². The van der Waals surface area contributed by atoms with Gasteiger partial charge in [0.1, 0.15) is 0 Å². The van der Waals surface area contributed by atoms with Crippen LogP contribution in [0.15, 0.2) is 0 Å². The summed E-state index contributed by atoms with van der Waals surface area (Å²) in [4.78, 5) is 20.5. The first kappa shape index (κ1) is 12.6. The van der Waals surface area contributed by atoms with E-state index in [2.05, 4.69) is 11.5 Å². The number of nitrogens with zero attached hydrogens (tertiary/aromatic N) is 1. The second-order valence-corrected chi connectivity index (χ2v) is 4.34. The van der Waals surface area contributed by atoms with Gasteiger partial charge in [-0.3, -0.25) is 4.55 Å². The molecule has 0 aliphatic rings.